The van der Waals surface area contributed by atoms with Gasteiger partial charge in [-0.3, -0.25) is 4.79 Å². The topological polar surface area (TPSA) is 46.3 Å². The van der Waals surface area contributed by atoms with Crippen molar-refractivity contribution in [2.75, 3.05) is 13.1 Å². The summed E-state index contributed by atoms with van der Waals surface area (Å²) in [6.45, 7) is 3.30. The van der Waals surface area contributed by atoms with Crippen LogP contribution in [-0.2, 0) is 6.42 Å². The minimum atomic E-state index is 0.166. The molecule has 1 aliphatic carbocycles. The van der Waals surface area contributed by atoms with Crippen molar-refractivity contribution in [2.24, 2.45) is 5.73 Å². The van der Waals surface area contributed by atoms with Gasteiger partial charge >= 0.3 is 0 Å². The van der Waals surface area contributed by atoms with Gasteiger partial charge in [-0.1, -0.05) is 44.4 Å². The number of amides is 1. The number of hydrogen-bond donors (Lipinski definition) is 1. The molecule has 20 heavy (non-hydrogen) atoms. The molecule has 1 amide bonds. The minimum Gasteiger partial charge on any atom is -0.334 e. The lowest BCUT2D eigenvalue weighted by molar-refractivity contribution is 0.0640. The molecule has 0 heterocycles. The van der Waals surface area contributed by atoms with Crippen LogP contribution in [0, 0.1) is 0 Å². The summed E-state index contributed by atoms with van der Waals surface area (Å²) in [5.74, 6) is 0.166. The van der Waals surface area contributed by atoms with E-state index in [2.05, 4.69) is 13.0 Å². The third kappa shape index (κ3) is 3.40. The van der Waals surface area contributed by atoms with Crippen molar-refractivity contribution in [2.45, 2.75) is 51.5 Å². The number of carbonyl (C=O) groups is 1. The Morgan fingerprint density at radius 1 is 1.25 bits per heavy atom. The molecule has 1 fully saturated rings. The van der Waals surface area contributed by atoms with Crippen LogP contribution in [0.4, 0.5) is 0 Å². The Labute approximate surface area is 122 Å². The molecule has 3 heteroatoms. The lowest BCUT2D eigenvalue weighted by atomic mass is 9.93. The maximum absolute atomic E-state index is 12.9. The summed E-state index contributed by atoms with van der Waals surface area (Å²) in [7, 11) is 0. The Bertz CT molecular complexity index is 438. The van der Waals surface area contributed by atoms with Gasteiger partial charge in [-0.15, -0.1) is 0 Å². The predicted molar refractivity (Wildman–Crippen MR) is 82.8 cm³/mol. The van der Waals surface area contributed by atoms with Gasteiger partial charge in [0, 0.05) is 24.7 Å². The summed E-state index contributed by atoms with van der Waals surface area (Å²) in [5.41, 5.74) is 7.72. The van der Waals surface area contributed by atoms with E-state index in [0.717, 1.165) is 30.4 Å². The van der Waals surface area contributed by atoms with Crippen molar-refractivity contribution in [3.63, 3.8) is 0 Å². The van der Waals surface area contributed by atoms with E-state index in [1.54, 1.807) is 0 Å². The highest BCUT2D eigenvalue weighted by Gasteiger charge is 2.26. The van der Waals surface area contributed by atoms with Crippen LogP contribution in [0.2, 0.25) is 0 Å². The van der Waals surface area contributed by atoms with Crippen molar-refractivity contribution < 1.29 is 4.79 Å². The van der Waals surface area contributed by atoms with E-state index >= 15 is 0 Å². The SMILES string of the molecule is CCc1ccccc1C(=O)N(CCN)C1CCCCC1. The van der Waals surface area contributed by atoms with Crippen LogP contribution in [0.15, 0.2) is 24.3 Å². The van der Waals surface area contributed by atoms with E-state index in [1.807, 2.05) is 23.1 Å². The van der Waals surface area contributed by atoms with Crippen molar-refractivity contribution in [3.05, 3.63) is 35.4 Å². The van der Waals surface area contributed by atoms with Crippen LogP contribution < -0.4 is 5.73 Å². The second-order valence-electron chi connectivity index (χ2n) is 5.59. The van der Waals surface area contributed by atoms with Gasteiger partial charge in [-0.05, 0) is 30.9 Å². The van der Waals surface area contributed by atoms with Crippen molar-refractivity contribution in [1.82, 2.24) is 4.90 Å². The molecule has 1 aliphatic rings. The summed E-state index contributed by atoms with van der Waals surface area (Å²) >= 11 is 0. The van der Waals surface area contributed by atoms with Gasteiger partial charge in [0.1, 0.15) is 0 Å². The quantitative estimate of drug-likeness (QED) is 0.897. The van der Waals surface area contributed by atoms with E-state index in [0.29, 0.717) is 19.1 Å². The monoisotopic (exact) mass is 274 g/mol. The molecule has 0 aliphatic heterocycles. The first kappa shape index (κ1) is 15.0. The molecule has 1 saturated carbocycles. The highest BCUT2D eigenvalue weighted by molar-refractivity contribution is 5.96. The first-order valence-electron chi connectivity index (χ1n) is 7.86. The molecule has 0 atom stereocenters. The largest absolute Gasteiger partial charge is 0.334 e. The zero-order valence-electron chi connectivity index (χ0n) is 12.5. The predicted octanol–water partition coefficient (Wildman–Crippen LogP) is 2.98. The average Bonchev–Trinajstić information content (AvgIpc) is 2.52. The Kier molecular flexibility index (Phi) is 5.60. The molecule has 2 N–H and O–H groups in total. The zero-order valence-corrected chi connectivity index (χ0v) is 12.5. The number of rotatable bonds is 5. The van der Waals surface area contributed by atoms with Gasteiger partial charge in [-0.25, -0.2) is 0 Å². The Balaban J connectivity index is 2.21. The van der Waals surface area contributed by atoms with E-state index in [-0.39, 0.29) is 5.91 Å². The van der Waals surface area contributed by atoms with E-state index in [9.17, 15) is 4.79 Å². The van der Waals surface area contributed by atoms with Gasteiger partial charge in [-0.2, -0.15) is 0 Å². The van der Waals surface area contributed by atoms with Crippen molar-refractivity contribution in [3.8, 4) is 0 Å². The molecule has 0 spiro atoms. The van der Waals surface area contributed by atoms with Gasteiger partial charge in [0.2, 0.25) is 0 Å². The highest BCUT2D eigenvalue weighted by atomic mass is 16.2. The summed E-state index contributed by atoms with van der Waals surface area (Å²) in [4.78, 5) is 14.9. The van der Waals surface area contributed by atoms with Gasteiger partial charge in [0.15, 0.2) is 0 Å². The third-order valence-electron chi connectivity index (χ3n) is 4.28. The lowest BCUT2D eigenvalue weighted by Crippen LogP contribution is -2.44. The van der Waals surface area contributed by atoms with E-state index < -0.39 is 0 Å². The summed E-state index contributed by atoms with van der Waals surface area (Å²) in [6, 6.07) is 8.34. The van der Waals surface area contributed by atoms with Crippen molar-refractivity contribution >= 4 is 5.91 Å². The zero-order chi connectivity index (χ0) is 14.4. The number of hydrogen-bond acceptors (Lipinski definition) is 2. The minimum absolute atomic E-state index is 0.166. The van der Waals surface area contributed by atoms with E-state index in [4.69, 9.17) is 5.73 Å². The Morgan fingerprint density at radius 3 is 2.60 bits per heavy atom. The Hall–Kier alpha value is -1.35. The molecule has 0 aromatic heterocycles. The summed E-state index contributed by atoms with van der Waals surface area (Å²) in [6.07, 6.45) is 6.90. The molecule has 0 saturated heterocycles. The number of nitrogens with two attached hydrogens (primary N) is 1. The maximum Gasteiger partial charge on any atom is 0.254 e. The lowest BCUT2D eigenvalue weighted by Gasteiger charge is -2.34. The molecule has 3 nitrogen and oxygen atoms in total. The second kappa shape index (κ2) is 7.44. The van der Waals surface area contributed by atoms with E-state index in [1.165, 1.54) is 19.3 Å². The second-order valence-corrected chi connectivity index (χ2v) is 5.59. The summed E-state index contributed by atoms with van der Waals surface area (Å²) < 4.78 is 0. The van der Waals surface area contributed by atoms with Crippen LogP contribution >= 0.6 is 0 Å². The first-order chi connectivity index (χ1) is 9.77. The molecule has 0 unspecified atom stereocenters. The number of nitrogens with zero attached hydrogens (tertiary/aromatic N) is 1. The molecule has 110 valence electrons. The van der Waals surface area contributed by atoms with Gasteiger partial charge in [0.05, 0.1) is 0 Å². The maximum atomic E-state index is 12.9. The van der Waals surface area contributed by atoms with Crippen LogP contribution in [0.3, 0.4) is 0 Å². The van der Waals surface area contributed by atoms with Crippen LogP contribution in [0.25, 0.3) is 0 Å². The molecule has 0 radical (unpaired) electrons. The highest BCUT2D eigenvalue weighted by Crippen LogP contribution is 2.24. The third-order valence-corrected chi connectivity index (χ3v) is 4.28. The fourth-order valence-corrected chi connectivity index (χ4v) is 3.17. The fourth-order valence-electron chi connectivity index (χ4n) is 3.17. The smallest absolute Gasteiger partial charge is 0.254 e. The average molecular weight is 274 g/mol. The molecule has 2 rings (SSSR count). The molecular formula is C17H26N2O. The number of benzene rings is 1. The Morgan fingerprint density at radius 2 is 1.95 bits per heavy atom. The van der Waals surface area contributed by atoms with Crippen LogP contribution in [0.1, 0.15) is 54.9 Å². The fraction of sp³-hybridized carbons (Fsp3) is 0.588. The first-order valence-corrected chi connectivity index (χ1v) is 7.86. The number of carbonyl (C=O) groups excluding carboxylic acids is 1. The van der Waals surface area contributed by atoms with Gasteiger partial charge in [0.25, 0.3) is 5.91 Å². The normalized spacial score (nSPS) is 16.1. The summed E-state index contributed by atoms with van der Waals surface area (Å²) in [5, 5.41) is 0. The van der Waals surface area contributed by atoms with Gasteiger partial charge < -0.3 is 10.6 Å². The standard InChI is InChI=1S/C17H26N2O/c1-2-14-8-6-7-11-16(14)17(20)19(13-12-18)15-9-4-3-5-10-15/h6-8,11,15H,2-5,9-10,12-13,18H2,1H3. The van der Waals surface area contributed by atoms with Crippen molar-refractivity contribution in [1.29, 1.82) is 0 Å². The molecule has 0 bridgehead atoms. The van der Waals surface area contributed by atoms with Crippen LogP contribution in [-0.4, -0.2) is 29.9 Å². The van der Waals surface area contributed by atoms with Crippen LogP contribution in [0.5, 0.6) is 0 Å². The number of aryl methyl sites for hydroxylation is 1. The molecule has 1 aromatic rings. The molecular weight excluding hydrogens is 248 g/mol. The molecule has 1 aromatic carbocycles.